The van der Waals surface area contributed by atoms with Crippen LogP contribution in [0.4, 0.5) is 0 Å². The van der Waals surface area contributed by atoms with Crippen LogP contribution in [0.3, 0.4) is 0 Å². The van der Waals surface area contributed by atoms with Gasteiger partial charge in [0, 0.05) is 5.56 Å². The third-order valence-corrected chi connectivity index (χ3v) is 6.11. The molecule has 33 heavy (non-hydrogen) atoms. The minimum Gasteiger partial charge on any atom is -0.496 e. The molecule has 3 aromatic carbocycles. The van der Waals surface area contributed by atoms with E-state index in [0.717, 1.165) is 22.4 Å². The molecule has 1 unspecified atom stereocenters. The Morgan fingerprint density at radius 2 is 1.76 bits per heavy atom. The number of methoxy groups -OCH3 is 1. The van der Waals surface area contributed by atoms with Crippen LogP contribution in [0.15, 0.2) is 78.9 Å². The predicted octanol–water partition coefficient (Wildman–Crippen LogP) is 3.97. The van der Waals surface area contributed by atoms with Gasteiger partial charge in [0.2, 0.25) is 0 Å². The molecule has 4 aromatic rings. The number of tetrazole rings is 1. The second kappa shape index (κ2) is 10.4. The first kappa shape index (κ1) is 22.7. The van der Waals surface area contributed by atoms with E-state index in [0.29, 0.717) is 18.0 Å². The van der Waals surface area contributed by atoms with E-state index in [9.17, 15) is 9.46 Å². The summed E-state index contributed by atoms with van der Waals surface area (Å²) in [7, 11) is -2.29. The van der Waals surface area contributed by atoms with Crippen LogP contribution in [0.2, 0.25) is 0 Å². The van der Waals surface area contributed by atoms with E-state index in [1.165, 1.54) is 0 Å². The second-order valence-electron chi connectivity index (χ2n) is 7.34. The lowest BCUT2D eigenvalue weighted by atomic mass is 10.00. The molecule has 1 aromatic heterocycles. The molecule has 3 N–H and O–H groups in total. The molecule has 0 amide bonds. The lowest BCUT2D eigenvalue weighted by Crippen LogP contribution is -2.26. The number of hydrogen-bond acceptors (Lipinski definition) is 7. The molecule has 0 radical (unpaired) electrons. The van der Waals surface area contributed by atoms with Gasteiger partial charge in [0.15, 0.2) is 5.82 Å². The van der Waals surface area contributed by atoms with E-state index in [-0.39, 0.29) is 6.29 Å². The molecule has 0 aliphatic heterocycles. The van der Waals surface area contributed by atoms with Gasteiger partial charge in [-0.25, -0.2) is 9.66 Å². The van der Waals surface area contributed by atoms with E-state index >= 15 is 0 Å². The van der Waals surface area contributed by atoms with Crippen LogP contribution in [-0.4, -0.2) is 38.9 Å². The number of rotatable bonds is 10. The number of H-pyrrole nitrogens is 1. The van der Waals surface area contributed by atoms with Gasteiger partial charge in [0.05, 0.1) is 13.2 Å². The van der Waals surface area contributed by atoms with Crippen molar-refractivity contribution in [3.63, 3.8) is 0 Å². The van der Waals surface area contributed by atoms with Crippen LogP contribution in [0.5, 0.6) is 11.5 Å². The minimum absolute atomic E-state index is 0.271. The highest BCUT2D eigenvalue weighted by Crippen LogP contribution is 2.41. The molecule has 0 spiro atoms. The van der Waals surface area contributed by atoms with Crippen LogP contribution < -0.4 is 14.6 Å². The topological polar surface area (TPSA) is 122 Å². The summed E-state index contributed by atoms with van der Waals surface area (Å²) < 4.78 is 23.3. The lowest BCUT2D eigenvalue weighted by Gasteiger charge is -2.19. The van der Waals surface area contributed by atoms with Crippen molar-refractivity contribution in [1.29, 1.82) is 0 Å². The standard InChI is InChI=1S/C23H24N5O4P/c1-31-22-10-6-5-9-20(22)18-13-11-17(12-14-18)15-21(23-25-27-28-26-23)24-16-33(29,30)32-19-7-3-2-4-8-19/h2-14,21,24H,15-16H2,1H3,(H,29,30)(H,25,26,27,28)/t21-/m0/s1. The van der Waals surface area contributed by atoms with E-state index in [2.05, 4.69) is 25.9 Å². The molecule has 170 valence electrons. The number of benzene rings is 3. The van der Waals surface area contributed by atoms with Crippen molar-refractivity contribution in [3.05, 3.63) is 90.3 Å². The Balaban J connectivity index is 1.46. The Kier molecular flexibility index (Phi) is 7.14. The van der Waals surface area contributed by atoms with Gasteiger partial charge in [-0.05, 0) is 46.2 Å². The summed E-state index contributed by atoms with van der Waals surface area (Å²) in [6, 6.07) is 24.0. The summed E-state index contributed by atoms with van der Waals surface area (Å²) in [6.07, 6.45) is 0.223. The van der Waals surface area contributed by atoms with Crippen molar-refractivity contribution in [2.45, 2.75) is 12.5 Å². The molecular formula is C23H24N5O4P. The van der Waals surface area contributed by atoms with Crippen LogP contribution in [0.25, 0.3) is 11.1 Å². The monoisotopic (exact) mass is 465 g/mol. The zero-order valence-electron chi connectivity index (χ0n) is 18.0. The van der Waals surface area contributed by atoms with Crippen molar-refractivity contribution >= 4 is 7.60 Å². The maximum absolute atomic E-state index is 12.6. The molecule has 0 saturated carbocycles. The number of aromatic amines is 1. The third-order valence-electron chi connectivity index (χ3n) is 5.03. The molecule has 0 saturated heterocycles. The van der Waals surface area contributed by atoms with E-state index in [1.54, 1.807) is 37.4 Å². The highest BCUT2D eigenvalue weighted by atomic mass is 31.2. The molecule has 0 aliphatic rings. The summed E-state index contributed by atoms with van der Waals surface area (Å²) in [4.78, 5) is 10.3. The SMILES string of the molecule is COc1ccccc1-c1ccc(C[C@H](NCP(=O)(O)Oc2ccccc2)c2nnn[nH]2)cc1. The summed E-state index contributed by atoms with van der Waals surface area (Å²) in [5.74, 6) is 1.59. The highest BCUT2D eigenvalue weighted by Gasteiger charge is 2.25. The van der Waals surface area contributed by atoms with Gasteiger partial charge in [-0.3, -0.25) is 5.32 Å². The molecule has 0 bridgehead atoms. The fourth-order valence-electron chi connectivity index (χ4n) is 3.42. The maximum Gasteiger partial charge on any atom is 0.390 e. The first-order chi connectivity index (χ1) is 16.0. The molecule has 10 heteroatoms. The Morgan fingerprint density at radius 1 is 1.03 bits per heavy atom. The first-order valence-electron chi connectivity index (χ1n) is 10.3. The van der Waals surface area contributed by atoms with E-state index in [1.807, 2.05) is 48.5 Å². The zero-order chi connectivity index (χ0) is 23.1. The van der Waals surface area contributed by atoms with Crippen molar-refractivity contribution in [2.75, 3.05) is 13.4 Å². The van der Waals surface area contributed by atoms with Gasteiger partial charge in [-0.2, -0.15) is 0 Å². The predicted molar refractivity (Wildman–Crippen MR) is 124 cm³/mol. The quantitative estimate of drug-likeness (QED) is 0.301. The number of nitrogens with one attached hydrogen (secondary N) is 2. The van der Waals surface area contributed by atoms with E-state index in [4.69, 9.17) is 9.26 Å². The van der Waals surface area contributed by atoms with Gasteiger partial charge in [-0.15, -0.1) is 5.10 Å². The maximum atomic E-state index is 12.6. The Morgan fingerprint density at radius 3 is 2.45 bits per heavy atom. The number of para-hydroxylation sites is 2. The lowest BCUT2D eigenvalue weighted by molar-refractivity contribution is 0.368. The van der Waals surface area contributed by atoms with Gasteiger partial charge in [0.25, 0.3) is 0 Å². The summed E-state index contributed by atoms with van der Waals surface area (Å²) >= 11 is 0. The molecular weight excluding hydrogens is 441 g/mol. The average molecular weight is 465 g/mol. The Bertz CT molecular complexity index is 1200. The molecule has 2 atom stereocenters. The molecule has 0 aliphatic carbocycles. The fraction of sp³-hybridized carbons (Fsp3) is 0.174. The summed E-state index contributed by atoms with van der Waals surface area (Å²) in [5, 5.41) is 17.0. The zero-order valence-corrected chi connectivity index (χ0v) is 18.9. The summed E-state index contributed by atoms with van der Waals surface area (Å²) in [6.45, 7) is 0. The minimum atomic E-state index is -3.94. The number of nitrogens with zero attached hydrogens (tertiary/aromatic N) is 3. The molecule has 0 fully saturated rings. The largest absolute Gasteiger partial charge is 0.496 e. The van der Waals surface area contributed by atoms with Crippen LogP contribution in [-0.2, 0) is 11.0 Å². The van der Waals surface area contributed by atoms with Gasteiger partial charge in [0.1, 0.15) is 17.8 Å². The van der Waals surface area contributed by atoms with Gasteiger partial charge >= 0.3 is 7.60 Å². The summed E-state index contributed by atoms with van der Waals surface area (Å²) in [5.41, 5.74) is 3.03. The van der Waals surface area contributed by atoms with Crippen LogP contribution in [0.1, 0.15) is 17.4 Å². The van der Waals surface area contributed by atoms with E-state index < -0.39 is 13.6 Å². The van der Waals surface area contributed by atoms with Crippen molar-refractivity contribution in [3.8, 4) is 22.6 Å². The van der Waals surface area contributed by atoms with Gasteiger partial charge in [-0.1, -0.05) is 60.7 Å². The first-order valence-corrected chi connectivity index (χ1v) is 12.1. The smallest absolute Gasteiger partial charge is 0.390 e. The van der Waals surface area contributed by atoms with Crippen LogP contribution in [0, 0.1) is 0 Å². The highest BCUT2D eigenvalue weighted by molar-refractivity contribution is 7.53. The van der Waals surface area contributed by atoms with Crippen molar-refractivity contribution in [1.82, 2.24) is 25.9 Å². The fourth-order valence-corrected chi connectivity index (χ4v) is 4.39. The number of ether oxygens (including phenoxy) is 1. The Hall–Kier alpha value is -3.52. The molecule has 9 nitrogen and oxygen atoms in total. The van der Waals surface area contributed by atoms with Crippen molar-refractivity contribution in [2.24, 2.45) is 0 Å². The molecule has 1 heterocycles. The Labute approximate surface area is 191 Å². The second-order valence-corrected chi connectivity index (χ2v) is 9.12. The van der Waals surface area contributed by atoms with Crippen molar-refractivity contribution < 1.29 is 18.7 Å². The third kappa shape index (κ3) is 6.04. The molecule has 4 rings (SSSR count). The normalized spacial score (nSPS) is 13.8. The average Bonchev–Trinajstić information content (AvgIpc) is 3.37. The number of aromatic nitrogens is 4. The van der Waals surface area contributed by atoms with Crippen LogP contribution >= 0.6 is 7.60 Å². The number of hydrogen-bond donors (Lipinski definition) is 3. The van der Waals surface area contributed by atoms with Gasteiger partial charge < -0.3 is 14.2 Å².